The van der Waals surface area contributed by atoms with E-state index < -0.39 is 16.0 Å². The van der Waals surface area contributed by atoms with Crippen molar-refractivity contribution in [2.45, 2.75) is 23.1 Å². The topological polar surface area (TPSA) is 84.9 Å². The second kappa shape index (κ2) is 6.95. The second-order valence-corrected chi connectivity index (χ2v) is 8.11. The number of thiophene rings is 1. The van der Waals surface area contributed by atoms with E-state index in [1.54, 1.807) is 0 Å². The minimum atomic E-state index is -3.67. The van der Waals surface area contributed by atoms with Gasteiger partial charge in [0.15, 0.2) is 9.96 Å². The summed E-state index contributed by atoms with van der Waals surface area (Å²) in [6.07, 6.45) is 1.51. The Morgan fingerprint density at radius 1 is 1.36 bits per heavy atom. The number of piperidine rings is 1. The van der Waals surface area contributed by atoms with E-state index in [1.807, 2.05) is 7.05 Å². The predicted octanol–water partition coefficient (Wildman–Crippen LogP) is 0.916. The van der Waals surface area contributed by atoms with E-state index in [2.05, 4.69) is 10.1 Å². The molecule has 0 saturated carbocycles. The van der Waals surface area contributed by atoms with Gasteiger partial charge in [0.2, 0.25) is 0 Å². The van der Waals surface area contributed by atoms with Gasteiger partial charge in [-0.1, -0.05) is 0 Å². The van der Waals surface area contributed by atoms with Crippen LogP contribution in [0, 0.1) is 0 Å². The smallest absolute Gasteiger partial charge is 0.348 e. The van der Waals surface area contributed by atoms with Crippen LogP contribution in [0.15, 0.2) is 10.3 Å². The summed E-state index contributed by atoms with van der Waals surface area (Å²) in [7, 11) is 0.848. The predicted molar refractivity (Wildman–Crippen MR) is 83.1 cm³/mol. The molecule has 124 valence electrons. The number of hydrogen-bond donors (Lipinski definition) is 1. The zero-order valence-corrected chi connectivity index (χ0v) is 14.4. The lowest BCUT2D eigenvalue weighted by molar-refractivity contribution is 0.0606. The first-order chi connectivity index (χ1) is 10.4. The number of carbonyl (C=O) groups excluding carboxylic acids is 1. The quantitative estimate of drug-likeness (QED) is 0.797. The number of sulfonamides is 1. The van der Waals surface area contributed by atoms with Crippen molar-refractivity contribution in [3.63, 3.8) is 0 Å². The number of esters is 1. The highest BCUT2D eigenvalue weighted by atomic mass is 32.2. The van der Waals surface area contributed by atoms with Gasteiger partial charge in [-0.05, 0) is 19.9 Å². The Bertz CT molecular complexity index is 633. The molecule has 7 nitrogen and oxygen atoms in total. The van der Waals surface area contributed by atoms with E-state index in [9.17, 15) is 13.2 Å². The van der Waals surface area contributed by atoms with Gasteiger partial charge >= 0.3 is 5.97 Å². The standard InChI is InChI=1S/C13H20N2O5S2/c1-14-9-4-6-15(7-5-9)22(17,18)13-10(19-2)8-11(21-13)12(16)20-3/h8-9,14H,4-7H2,1-3H3. The molecule has 0 amide bonds. The van der Waals surface area contributed by atoms with Crippen LogP contribution >= 0.6 is 11.3 Å². The molecule has 1 fully saturated rings. The van der Waals surface area contributed by atoms with Crippen molar-refractivity contribution in [2.24, 2.45) is 0 Å². The molecule has 1 saturated heterocycles. The van der Waals surface area contributed by atoms with Crippen molar-refractivity contribution in [1.29, 1.82) is 0 Å². The first kappa shape index (κ1) is 17.2. The number of hydrogen-bond acceptors (Lipinski definition) is 7. The third-order valence-corrected chi connectivity index (χ3v) is 7.20. The maximum atomic E-state index is 12.8. The second-order valence-electron chi connectivity index (χ2n) is 4.93. The van der Waals surface area contributed by atoms with Crippen LogP contribution in [-0.4, -0.2) is 59.1 Å². The normalized spacial score (nSPS) is 17.4. The fourth-order valence-corrected chi connectivity index (χ4v) is 5.49. The van der Waals surface area contributed by atoms with Crippen LogP contribution in [0.25, 0.3) is 0 Å². The largest absolute Gasteiger partial charge is 0.494 e. The molecule has 9 heteroatoms. The molecule has 0 radical (unpaired) electrons. The van der Waals surface area contributed by atoms with E-state index in [1.165, 1.54) is 24.6 Å². The van der Waals surface area contributed by atoms with Crippen molar-refractivity contribution < 1.29 is 22.7 Å². The number of nitrogens with one attached hydrogen (secondary N) is 1. The van der Waals surface area contributed by atoms with Crippen molar-refractivity contribution >= 4 is 27.3 Å². The minimum absolute atomic E-state index is 0.0540. The highest BCUT2D eigenvalue weighted by Crippen LogP contribution is 2.36. The molecule has 1 aromatic rings. The average molecular weight is 348 g/mol. The number of methoxy groups -OCH3 is 2. The summed E-state index contributed by atoms with van der Waals surface area (Å²) in [6.45, 7) is 0.894. The molecule has 1 aliphatic heterocycles. The number of nitrogens with zero attached hydrogens (tertiary/aromatic N) is 1. The minimum Gasteiger partial charge on any atom is -0.494 e. The third kappa shape index (κ3) is 3.27. The van der Waals surface area contributed by atoms with Gasteiger partial charge in [0.25, 0.3) is 10.0 Å². The van der Waals surface area contributed by atoms with Crippen LogP contribution in [0.4, 0.5) is 0 Å². The van der Waals surface area contributed by atoms with Crippen LogP contribution in [-0.2, 0) is 14.8 Å². The highest BCUT2D eigenvalue weighted by Gasteiger charge is 2.33. The van der Waals surface area contributed by atoms with Crippen LogP contribution in [0.3, 0.4) is 0 Å². The van der Waals surface area contributed by atoms with Gasteiger partial charge < -0.3 is 14.8 Å². The summed E-state index contributed by atoms with van der Waals surface area (Å²) in [5, 5.41) is 3.16. The highest BCUT2D eigenvalue weighted by molar-refractivity contribution is 7.91. The SMILES string of the molecule is CNC1CCN(S(=O)(=O)c2sc(C(=O)OC)cc2OC)CC1. The molecule has 2 heterocycles. The third-order valence-electron chi connectivity index (χ3n) is 3.71. The van der Waals surface area contributed by atoms with Gasteiger partial charge in [0, 0.05) is 25.2 Å². The summed E-state index contributed by atoms with van der Waals surface area (Å²) in [5.74, 6) is -0.389. The molecule has 0 spiro atoms. The van der Waals surface area contributed by atoms with Gasteiger partial charge in [-0.3, -0.25) is 0 Å². The van der Waals surface area contributed by atoms with Crippen LogP contribution in [0.5, 0.6) is 5.75 Å². The molecular weight excluding hydrogens is 328 g/mol. The monoisotopic (exact) mass is 348 g/mol. The summed E-state index contributed by atoms with van der Waals surface area (Å²) < 4.78 is 36.8. The average Bonchev–Trinajstić information content (AvgIpc) is 2.99. The molecular formula is C13H20N2O5S2. The summed E-state index contributed by atoms with van der Waals surface area (Å²) in [5.41, 5.74) is 0. The first-order valence-electron chi connectivity index (χ1n) is 6.87. The molecule has 2 rings (SSSR count). The van der Waals surface area contributed by atoms with Crippen LogP contribution < -0.4 is 10.1 Å². The zero-order chi connectivity index (χ0) is 16.3. The maximum absolute atomic E-state index is 12.8. The Morgan fingerprint density at radius 3 is 2.50 bits per heavy atom. The first-order valence-corrected chi connectivity index (χ1v) is 9.13. The van der Waals surface area contributed by atoms with E-state index in [0.717, 1.165) is 24.2 Å². The molecule has 0 aliphatic carbocycles. The van der Waals surface area contributed by atoms with E-state index in [4.69, 9.17) is 4.74 Å². The zero-order valence-electron chi connectivity index (χ0n) is 12.8. The molecule has 0 aromatic carbocycles. The summed E-state index contributed by atoms with van der Waals surface area (Å²) >= 11 is 0.879. The van der Waals surface area contributed by atoms with Gasteiger partial charge in [0.05, 0.1) is 14.2 Å². The van der Waals surface area contributed by atoms with Crippen molar-refractivity contribution in [3.8, 4) is 5.75 Å². The Morgan fingerprint density at radius 2 is 2.00 bits per heavy atom. The lowest BCUT2D eigenvalue weighted by atomic mass is 10.1. The van der Waals surface area contributed by atoms with Gasteiger partial charge in [-0.2, -0.15) is 4.31 Å². The number of ether oxygens (including phenoxy) is 2. The van der Waals surface area contributed by atoms with E-state index >= 15 is 0 Å². The van der Waals surface area contributed by atoms with Gasteiger partial charge in [-0.25, -0.2) is 13.2 Å². The van der Waals surface area contributed by atoms with E-state index in [-0.39, 0.29) is 14.8 Å². The number of carbonyl (C=O) groups is 1. The van der Waals surface area contributed by atoms with Crippen LogP contribution in [0.1, 0.15) is 22.5 Å². The fraction of sp³-hybridized carbons (Fsp3) is 0.615. The Hall–Kier alpha value is -1.16. The van der Waals surface area contributed by atoms with E-state index in [0.29, 0.717) is 19.1 Å². The number of rotatable bonds is 5. The fourth-order valence-electron chi connectivity index (χ4n) is 2.38. The molecule has 1 aliphatic rings. The maximum Gasteiger partial charge on any atom is 0.348 e. The molecule has 0 unspecified atom stereocenters. The Labute approximate surface area is 134 Å². The molecule has 0 atom stereocenters. The van der Waals surface area contributed by atoms with Gasteiger partial charge in [-0.15, -0.1) is 11.3 Å². The van der Waals surface area contributed by atoms with Crippen LogP contribution in [0.2, 0.25) is 0 Å². The van der Waals surface area contributed by atoms with Crippen molar-refractivity contribution in [1.82, 2.24) is 9.62 Å². The molecule has 1 N–H and O–H groups in total. The molecule has 0 bridgehead atoms. The lowest BCUT2D eigenvalue weighted by Gasteiger charge is -2.30. The van der Waals surface area contributed by atoms with Crippen molar-refractivity contribution in [2.75, 3.05) is 34.4 Å². The molecule has 1 aromatic heterocycles. The van der Waals surface area contributed by atoms with Gasteiger partial charge in [0.1, 0.15) is 4.88 Å². The summed E-state index contributed by atoms with van der Waals surface area (Å²) in [4.78, 5) is 11.8. The van der Waals surface area contributed by atoms with Crippen molar-refractivity contribution in [3.05, 3.63) is 10.9 Å². The Balaban J connectivity index is 2.29. The summed E-state index contributed by atoms with van der Waals surface area (Å²) in [6, 6.07) is 1.74. The Kier molecular flexibility index (Phi) is 5.43. The molecule has 22 heavy (non-hydrogen) atoms. The lowest BCUT2D eigenvalue weighted by Crippen LogP contribution is -2.43.